The van der Waals surface area contributed by atoms with Crippen molar-refractivity contribution in [2.75, 3.05) is 13.1 Å². The van der Waals surface area contributed by atoms with E-state index in [1.165, 1.54) is 6.08 Å². The number of carbonyl (C=O) groups excluding carboxylic acids is 1. The Balaban J connectivity index is 4.57. The monoisotopic (exact) mass is 224 g/mol. The van der Waals surface area contributed by atoms with Gasteiger partial charge in [-0.25, -0.2) is 4.79 Å². The Bertz CT molecular complexity index is 329. The first-order valence-electron chi connectivity index (χ1n) is 4.70. The Morgan fingerprint density at radius 2 is 2.19 bits per heavy atom. The molecule has 0 radical (unpaired) electrons. The normalized spacial score (nSPS) is 10.1. The van der Waals surface area contributed by atoms with Crippen LogP contribution in [-0.4, -0.2) is 40.6 Å². The van der Waals surface area contributed by atoms with Gasteiger partial charge in [0.1, 0.15) is 6.54 Å². The number of carboxylic acids is 1. The van der Waals surface area contributed by atoms with Crippen molar-refractivity contribution in [3.8, 4) is 12.3 Å². The van der Waals surface area contributed by atoms with Crippen LogP contribution in [0, 0.1) is 12.3 Å². The van der Waals surface area contributed by atoms with E-state index in [9.17, 15) is 9.59 Å². The van der Waals surface area contributed by atoms with Crippen molar-refractivity contribution in [2.24, 2.45) is 0 Å². The molecular weight excluding hydrogens is 208 g/mol. The van der Waals surface area contributed by atoms with E-state index in [4.69, 9.17) is 11.5 Å². The van der Waals surface area contributed by atoms with E-state index in [2.05, 4.69) is 17.8 Å². The summed E-state index contributed by atoms with van der Waals surface area (Å²) in [5, 5.41) is 11.2. The van der Waals surface area contributed by atoms with E-state index < -0.39 is 24.1 Å². The molecule has 88 valence electrons. The van der Waals surface area contributed by atoms with Gasteiger partial charge in [-0.3, -0.25) is 4.79 Å². The average Bonchev–Trinajstić information content (AvgIpc) is 2.16. The molecule has 2 amide bonds. The van der Waals surface area contributed by atoms with Gasteiger partial charge in [0, 0.05) is 6.54 Å². The smallest absolute Gasteiger partial charge is 0.323 e. The van der Waals surface area contributed by atoms with Crippen LogP contribution in [0.25, 0.3) is 0 Å². The van der Waals surface area contributed by atoms with E-state index in [1.807, 2.05) is 0 Å². The summed E-state index contributed by atoms with van der Waals surface area (Å²) in [7, 11) is 0. The van der Waals surface area contributed by atoms with Gasteiger partial charge in [-0.2, -0.15) is 0 Å². The van der Waals surface area contributed by atoms with Crippen molar-refractivity contribution >= 4 is 12.0 Å². The number of aliphatic carboxylic acids is 1. The Morgan fingerprint density at radius 3 is 2.56 bits per heavy atom. The molecule has 0 bridgehead atoms. The quantitative estimate of drug-likeness (QED) is 0.533. The highest BCUT2D eigenvalue weighted by molar-refractivity contribution is 5.81. The third-order valence-electron chi connectivity index (χ3n) is 1.74. The molecule has 0 heterocycles. The predicted octanol–water partition coefficient (Wildman–Crippen LogP) is 0.680. The SMILES string of the molecule is C#CC(C)(C)NC(=O)N(CC=C)CC(=O)O. The Morgan fingerprint density at radius 1 is 1.62 bits per heavy atom. The number of rotatable bonds is 5. The molecule has 0 rings (SSSR count). The van der Waals surface area contributed by atoms with E-state index in [0.717, 1.165) is 4.90 Å². The fraction of sp³-hybridized carbons (Fsp3) is 0.455. The molecule has 0 atom stereocenters. The van der Waals surface area contributed by atoms with Gasteiger partial charge in [-0.05, 0) is 13.8 Å². The van der Waals surface area contributed by atoms with Gasteiger partial charge >= 0.3 is 12.0 Å². The molecule has 0 unspecified atom stereocenters. The molecule has 0 saturated carbocycles. The van der Waals surface area contributed by atoms with Crippen LogP contribution in [0.4, 0.5) is 4.79 Å². The summed E-state index contributed by atoms with van der Waals surface area (Å²) < 4.78 is 0. The molecule has 0 fully saturated rings. The minimum atomic E-state index is -1.09. The van der Waals surface area contributed by atoms with Crippen LogP contribution in [0.3, 0.4) is 0 Å². The van der Waals surface area contributed by atoms with Gasteiger partial charge in [0.2, 0.25) is 0 Å². The van der Waals surface area contributed by atoms with Crippen molar-refractivity contribution < 1.29 is 14.7 Å². The van der Waals surface area contributed by atoms with Crippen molar-refractivity contribution in [3.63, 3.8) is 0 Å². The number of terminal acetylenes is 1. The van der Waals surface area contributed by atoms with E-state index >= 15 is 0 Å². The maximum Gasteiger partial charge on any atom is 0.323 e. The standard InChI is InChI=1S/C11H16N2O3/c1-5-7-13(8-9(14)15)10(16)12-11(3,4)6-2/h2,5H,1,7-8H2,3-4H3,(H,12,16)(H,14,15). The van der Waals surface area contributed by atoms with Crippen LogP contribution < -0.4 is 5.32 Å². The molecule has 0 aromatic carbocycles. The number of urea groups is 1. The molecule has 0 aliphatic carbocycles. The summed E-state index contributed by atoms with van der Waals surface area (Å²) in [5.74, 6) is 1.30. The summed E-state index contributed by atoms with van der Waals surface area (Å²) >= 11 is 0. The summed E-state index contributed by atoms with van der Waals surface area (Å²) in [6.07, 6.45) is 6.66. The lowest BCUT2D eigenvalue weighted by Crippen LogP contribution is -2.50. The Kier molecular flexibility index (Phi) is 5.10. The van der Waals surface area contributed by atoms with E-state index in [1.54, 1.807) is 13.8 Å². The minimum absolute atomic E-state index is 0.152. The zero-order chi connectivity index (χ0) is 12.8. The molecule has 5 nitrogen and oxygen atoms in total. The number of nitrogens with zero attached hydrogens (tertiary/aromatic N) is 1. The molecule has 16 heavy (non-hydrogen) atoms. The first-order valence-corrected chi connectivity index (χ1v) is 4.70. The molecule has 0 aromatic heterocycles. The highest BCUT2D eigenvalue weighted by Gasteiger charge is 2.22. The van der Waals surface area contributed by atoms with Crippen LogP contribution in [0.1, 0.15) is 13.8 Å². The van der Waals surface area contributed by atoms with Crippen LogP contribution in [0.5, 0.6) is 0 Å². The lowest BCUT2D eigenvalue weighted by atomic mass is 10.1. The van der Waals surface area contributed by atoms with Crippen LogP contribution in [-0.2, 0) is 4.79 Å². The number of carbonyl (C=O) groups is 2. The van der Waals surface area contributed by atoms with Crippen molar-refractivity contribution in [1.29, 1.82) is 0 Å². The van der Waals surface area contributed by atoms with Gasteiger partial charge in [-0.1, -0.05) is 12.0 Å². The Labute approximate surface area is 95.1 Å². The number of amides is 2. The topological polar surface area (TPSA) is 69.6 Å². The number of hydrogen-bond acceptors (Lipinski definition) is 2. The summed E-state index contributed by atoms with van der Waals surface area (Å²) in [6, 6.07) is -0.523. The van der Waals surface area contributed by atoms with Crippen molar-refractivity contribution in [1.82, 2.24) is 10.2 Å². The molecule has 0 saturated heterocycles. The number of carboxylic acid groups (broad SMARTS) is 1. The van der Waals surface area contributed by atoms with Crippen LogP contribution in [0.2, 0.25) is 0 Å². The Hall–Kier alpha value is -1.96. The summed E-state index contributed by atoms with van der Waals surface area (Å²) in [4.78, 5) is 23.3. The number of hydrogen-bond donors (Lipinski definition) is 2. The zero-order valence-electron chi connectivity index (χ0n) is 9.49. The third kappa shape index (κ3) is 5.05. The van der Waals surface area contributed by atoms with E-state index in [-0.39, 0.29) is 6.54 Å². The second-order valence-corrected chi connectivity index (χ2v) is 3.76. The predicted molar refractivity (Wildman–Crippen MR) is 60.8 cm³/mol. The van der Waals surface area contributed by atoms with Gasteiger partial charge in [0.15, 0.2) is 0 Å². The molecule has 2 N–H and O–H groups in total. The fourth-order valence-electron chi connectivity index (χ4n) is 0.921. The average molecular weight is 224 g/mol. The molecule has 0 aliphatic rings. The second-order valence-electron chi connectivity index (χ2n) is 3.76. The summed E-state index contributed by atoms with van der Waals surface area (Å²) in [5.41, 5.74) is -0.811. The van der Waals surface area contributed by atoms with Gasteiger partial charge < -0.3 is 15.3 Å². The first-order chi connectivity index (χ1) is 7.32. The molecule has 0 spiro atoms. The van der Waals surface area contributed by atoms with Crippen molar-refractivity contribution in [2.45, 2.75) is 19.4 Å². The third-order valence-corrected chi connectivity index (χ3v) is 1.74. The van der Waals surface area contributed by atoms with Crippen molar-refractivity contribution in [3.05, 3.63) is 12.7 Å². The lowest BCUT2D eigenvalue weighted by Gasteiger charge is -2.25. The summed E-state index contributed by atoms with van der Waals surface area (Å²) in [6.45, 7) is 6.51. The maximum atomic E-state index is 11.7. The fourth-order valence-corrected chi connectivity index (χ4v) is 0.921. The van der Waals surface area contributed by atoms with Gasteiger partial charge in [-0.15, -0.1) is 13.0 Å². The number of nitrogens with one attached hydrogen (secondary N) is 1. The largest absolute Gasteiger partial charge is 0.480 e. The molecule has 0 aliphatic heterocycles. The van der Waals surface area contributed by atoms with Gasteiger partial charge in [0.05, 0.1) is 5.54 Å². The lowest BCUT2D eigenvalue weighted by molar-refractivity contribution is -0.137. The van der Waals surface area contributed by atoms with E-state index in [0.29, 0.717) is 0 Å². The highest BCUT2D eigenvalue weighted by atomic mass is 16.4. The van der Waals surface area contributed by atoms with Crippen LogP contribution >= 0.6 is 0 Å². The zero-order valence-corrected chi connectivity index (χ0v) is 9.49. The first kappa shape index (κ1) is 14.0. The maximum absolute atomic E-state index is 11.7. The molecular formula is C11H16N2O3. The molecule has 0 aromatic rings. The van der Waals surface area contributed by atoms with Crippen LogP contribution in [0.15, 0.2) is 12.7 Å². The van der Waals surface area contributed by atoms with Gasteiger partial charge in [0.25, 0.3) is 0 Å². The highest BCUT2D eigenvalue weighted by Crippen LogP contribution is 2.01. The molecule has 5 heteroatoms. The second kappa shape index (κ2) is 5.81. The minimum Gasteiger partial charge on any atom is -0.480 e.